The lowest BCUT2D eigenvalue weighted by Gasteiger charge is -2.23. The van der Waals surface area contributed by atoms with Crippen LogP contribution in [0.3, 0.4) is 0 Å². The highest BCUT2D eigenvalue weighted by molar-refractivity contribution is 5.83. The van der Waals surface area contributed by atoms with Crippen molar-refractivity contribution in [3.8, 4) is 28.4 Å². The monoisotopic (exact) mass is 833 g/mol. The van der Waals surface area contributed by atoms with Gasteiger partial charge >= 0.3 is 6.09 Å². The van der Waals surface area contributed by atoms with E-state index in [-0.39, 0.29) is 31.6 Å². The topological polar surface area (TPSA) is 152 Å². The number of fused-ring (bicyclic) bond motifs is 3. The molecule has 0 fully saturated rings. The molecule has 5 aromatic carbocycles. The summed E-state index contributed by atoms with van der Waals surface area (Å²) in [7, 11) is 3.09. The summed E-state index contributed by atoms with van der Waals surface area (Å²) < 4.78 is 39.1. The molecule has 6 rings (SSSR count). The Morgan fingerprint density at radius 3 is 1.97 bits per heavy atom. The highest BCUT2D eigenvalue weighted by atomic mass is 16.6. The Labute approximate surface area is 356 Å². The first kappa shape index (κ1) is 44.2. The van der Waals surface area contributed by atoms with Crippen molar-refractivity contribution >= 4 is 17.9 Å². The van der Waals surface area contributed by atoms with Crippen LogP contribution < -0.4 is 30.2 Å². The Bertz CT molecular complexity index is 2150. The van der Waals surface area contributed by atoms with Crippen LogP contribution in [0.2, 0.25) is 0 Å². The van der Waals surface area contributed by atoms with E-state index in [1.54, 1.807) is 49.6 Å². The summed E-state index contributed by atoms with van der Waals surface area (Å²) in [6, 6.07) is 36.0. The molecule has 0 spiro atoms. The Balaban J connectivity index is 0.928. The number of alkyl carbamates (subject to hydrolysis) is 1. The fourth-order valence-corrected chi connectivity index (χ4v) is 6.94. The van der Waals surface area contributed by atoms with Gasteiger partial charge < -0.3 is 49.1 Å². The van der Waals surface area contributed by atoms with Gasteiger partial charge in [0.2, 0.25) is 5.91 Å². The number of carbonyl (C=O) groups excluding carboxylic acids is 3. The van der Waals surface area contributed by atoms with Crippen molar-refractivity contribution in [2.75, 3.05) is 73.6 Å². The van der Waals surface area contributed by atoms with Gasteiger partial charge in [0.25, 0.3) is 5.91 Å². The molecule has 61 heavy (non-hydrogen) atoms. The summed E-state index contributed by atoms with van der Waals surface area (Å²) in [6.07, 6.45) is -0.703. The minimum absolute atomic E-state index is 0.108. The summed E-state index contributed by atoms with van der Waals surface area (Å²) >= 11 is 0. The largest absolute Gasteiger partial charge is 0.497 e. The SMILES string of the molecule is COc1ccc(C(N[13C](=O)[13CH2]NC(=O)OCC2c3ccccc3-c3ccccc32)c2ccc(OCC(=O)NCCOCCOCCOCc3ccc(C)cc3)cc2)c(OC)c1. The number of carbonyl (C=O) groups is 3. The minimum Gasteiger partial charge on any atom is -0.497 e. The molecule has 3 N–H and O–H groups in total. The van der Waals surface area contributed by atoms with Crippen LogP contribution in [-0.4, -0.2) is 91.5 Å². The molecular weight excluding hydrogens is 781 g/mol. The van der Waals surface area contributed by atoms with Crippen LogP contribution >= 0.6 is 0 Å². The molecule has 1 atom stereocenters. The lowest BCUT2D eigenvalue weighted by atomic mass is 9.98. The smallest absolute Gasteiger partial charge is 0.407 e. The number of rotatable bonds is 23. The van der Waals surface area contributed by atoms with Crippen molar-refractivity contribution < 1.29 is 47.5 Å². The van der Waals surface area contributed by atoms with Crippen molar-refractivity contribution in [1.29, 1.82) is 0 Å². The molecular formula is C48H53N3O10. The molecule has 0 radical (unpaired) electrons. The van der Waals surface area contributed by atoms with Crippen molar-refractivity contribution in [3.05, 3.63) is 149 Å². The van der Waals surface area contributed by atoms with Gasteiger partial charge in [0.05, 0.1) is 59.9 Å². The van der Waals surface area contributed by atoms with Crippen molar-refractivity contribution in [1.82, 2.24) is 16.0 Å². The summed E-state index contributed by atoms with van der Waals surface area (Å²) in [6.45, 7) is 4.64. The van der Waals surface area contributed by atoms with Crippen LogP contribution in [0.15, 0.2) is 115 Å². The maximum absolute atomic E-state index is 13.4. The third-order valence-electron chi connectivity index (χ3n) is 10.1. The van der Waals surface area contributed by atoms with E-state index >= 15 is 0 Å². The third kappa shape index (κ3) is 12.8. The predicted molar refractivity (Wildman–Crippen MR) is 230 cm³/mol. The standard InChI is InChI=1S/C48H53N3O10/c1-33-12-14-34(15-13-33)30-59-27-26-58-25-24-57-23-22-49-46(53)32-60-36-18-16-35(17-19-36)47(42-21-20-37(55-2)28-44(42)56-3)51-45(52)29-50-48(54)61-31-43-40-10-6-4-8-38(40)39-9-5-7-11-41(39)43/h4-21,28,43,47H,22-27,29-32H2,1-3H3,(H,49,53)(H,50,54)(H,51,52)/i29+1,45+1. The van der Waals surface area contributed by atoms with E-state index in [9.17, 15) is 14.4 Å². The van der Waals surface area contributed by atoms with E-state index in [1.807, 2.05) is 36.4 Å². The molecule has 0 aliphatic heterocycles. The maximum Gasteiger partial charge on any atom is 0.407 e. The molecule has 320 valence electrons. The van der Waals surface area contributed by atoms with Gasteiger partial charge in [0.1, 0.15) is 30.4 Å². The number of nitrogens with one attached hydrogen (secondary N) is 3. The number of benzene rings is 5. The van der Waals surface area contributed by atoms with Gasteiger partial charge in [0, 0.05) is 24.1 Å². The van der Waals surface area contributed by atoms with Crippen LogP contribution in [0, 0.1) is 6.92 Å². The Morgan fingerprint density at radius 1 is 0.656 bits per heavy atom. The summed E-state index contributed by atoms with van der Waals surface area (Å²) in [5, 5.41) is 8.37. The van der Waals surface area contributed by atoms with Gasteiger partial charge in [-0.25, -0.2) is 4.79 Å². The first-order valence-corrected chi connectivity index (χ1v) is 20.2. The highest BCUT2D eigenvalue weighted by Gasteiger charge is 2.29. The Hall–Kier alpha value is -6.41. The number of aryl methyl sites for hydroxylation is 1. The molecule has 0 heterocycles. The predicted octanol–water partition coefficient (Wildman–Crippen LogP) is 6.50. The second kappa shape index (κ2) is 22.8. The Kier molecular flexibility index (Phi) is 16.5. The normalized spacial score (nSPS) is 12.1. The number of methoxy groups -OCH3 is 2. The van der Waals surface area contributed by atoms with E-state index in [2.05, 4.69) is 59.3 Å². The molecule has 1 unspecified atom stereocenters. The van der Waals surface area contributed by atoms with Crippen molar-refractivity contribution in [2.24, 2.45) is 0 Å². The minimum atomic E-state index is -0.703. The van der Waals surface area contributed by atoms with E-state index in [0.29, 0.717) is 74.6 Å². The molecule has 0 bridgehead atoms. The van der Waals surface area contributed by atoms with Crippen LogP contribution in [0.4, 0.5) is 4.79 Å². The van der Waals surface area contributed by atoms with Gasteiger partial charge in [-0.05, 0) is 64.6 Å². The molecule has 0 saturated carbocycles. The van der Waals surface area contributed by atoms with Crippen LogP contribution in [0.25, 0.3) is 11.1 Å². The molecule has 13 heteroatoms. The van der Waals surface area contributed by atoms with E-state index in [0.717, 1.165) is 27.8 Å². The Morgan fingerprint density at radius 2 is 1.30 bits per heavy atom. The lowest BCUT2D eigenvalue weighted by molar-refractivity contribution is -0.123. The van der Waals surface area contributed by atoms with Crippen LogP contribution in [0.1, 0.15) is 45.3 Å². The zero-order valence-electron chi connectivity index (χ0n) is 34.8. The average molecular weight is 834 g/mol. The zero-order valence-corrected chi connectivity index (χ0v) is 34.8. The quantitative estimate of drug-likeness (QED) is 0.0492. The molecule has 1 aliphatic rings. The highest BCUT2D eigenvalue weighted by Crippen LogP contribution is 2.44. The molecule has 5 aromatic rings. The second-order valence-electron chi connectivity index (χ2n) is 14.3. The molecule has 1 aliphatic carbocycles. The van der Waals surface area contributed by atoms with Crippen LogP contribution in [-0.2, 0) is 35.1 Å². The van der Waals surface area contributed by atoms with Gasteiger partial charge in [-0.1, -0.05) is 90.5 Å². The lowest BCUT2D eigenvalue weighted by Crippen LogP contribution is -2.39. The van der Waals surface area contributed by atoms with E-state index in [4.69, 9.17) is 33.2 Å². The molecule has 0 saturated heterocycles. The molecule has 13 nitrogen and oxygen atoms in total. The van der Waals surface area contributed by atoms with Crippen LogP contribution in [0.5, 0.6) is 17.2 Å². The first-order valence-electron chi connectivity index (χ1n) is 20.2. The molecule has 3 amide bonds. The van der Waals surface area contributed by atoms with Crippen molar-refractivity contribution in [2.45, 2.75) is 25.5 Å². The summed E-state index contributed by atoms with van der Waals surface area (Å²) in [5.41, 5.74) is 8.13. The second-order valence-corrected chi connectivity index (χ2v) is 14.3. The van der Waals surface area contributed by atoms with E-state index < -0.39 is 18.0 Å². The number of hydrogen-bond donors (Lipinski definition) is 3. The summed E-state index contributed by atoms with van der Waals surface area (Å²) in [5.74, 6) is 0.663. The number of amides is 3. The fourth-order valence-electron chi connectivity index (χ4n) is 6.94. The van der Waals surface area contributed by atoms with Gasteiger partial charge in [-0.3, -0.25) is 9.59 Å². The van der Waals surface area contributed by atoms with Gasteiger partial charge in [-0.15, -0.1) is 0 Å². The van der Waals surface area contributed by atoms with Gasteiger partial charge in [-0.2, -0.15) is 0 Å². The van der Waals surface area contributed by atoms with Crippen molar-refractivity contribution in [3.63, 3.8) is 0 Å². The third-order valence-corrected chi connectivity index (χ3v) is 10.1. The number of ether oxygens (including phenoxy) is 7. The zero-order chi connectivity index (χ0) is 42.8. The fraction of sp³-hybridized carbons (Fsp3) is 0.312. The first-order chi connectivity index (χ1) is 29.8. The van der Waals surface area contributed by atoms with Gasteiger partial charge in [0.15, 0.2) is 6.61 Å². The maximum atomic E-state index is 13.4. The molecule has 0 aromatic heterocycles. The van der Waals surface area contributed by atoms with E-state index in [1.165, 1.54) is 12.7 Å². The number of hydrogen-bond acceptors (Lipinski definition) is 10. The summed E-state index contributed by atoms with van der Waals surface area (Å²) in [4.78, 5) is 38.7. The average Bonchev–Trinajstić information content (AvgIpc) is 3.61.